The SMILES string of the molecule is O=C(O)c1ccc(CNc2c[nH]c3ccccc23)cc1. The van der Waals surface area contributed by atoms with Gasteiger partial charge < -0.3 is 15.4 Å². The van der Waals surface area contributed by atoms with Crippen molar-refractivity contribution in [1.82, 2.24) is 4.98 Å². The standard InChI is InChI=1S/C16H14N2O2/c19-16(20)12-7-5-11(6-8-12)9-17-15-10-18-14-4-2-1-3-13(14)15/h1-8,10,17-18H,9H2,(H,19,20). The first kappa shape index (κ1) is 12.3. The summed E-state index contributed by atoms with van der Waals surface area (Å²) in [6, 6.07) is 15.0. The van der Waals surface area contributed by atoms with Crippen LogP contribution in [-0.2, 0) is 6.54 Å². The normalized spacial score (nSPS) is 10.6. The Kier molecular flexibility index (Phi) is 3.13. The number of hydrogen-bond acceptors (Lipinski definition) is 2. The van der Waals surface area contributed by atoms with Crippen LogP contribution >= 0.6 is 0 Å². The minimum Gasteiger partial charge on any atom is -0.478 e. The summed E-state index contributed by atoms with van der Waals surface area (Å²) >= 11 is 0. The Morgan fingerprint density at radius 3 is 2.60 bits per heavy atom. The number of anilines is 1. The number of hydrogen-bond donors (Lipinski definition) is 3. The molecule has 0 amide bonds. The molecule has 0 saturated carbocycles. The van der Waals surface area contributed by atoms with Gasteiger partial charge in [0.2, 0.25) is 0 Å². The smallest absolute Gasteiger partial charge is 0.335 e. The largest absolute Gasteiger partial charge is 0.478 e. The molecule has 3 aromatic rings. The van der Waals surface area contributed by atoms with Crippen LogP contribution in [0.3, 0.4) is 0 Å². The number of rotatable bonds is 4. The van der Waals surface area contributed by atoms with Crippen LogP contribution in [-0.4, -0.2) is 16.1 Å². The summed E-state index contributed by atoms with van der Waals surface area (Å²) in [7, 11) is 0. The van der Waals surface area contributed by atoms with Crippen LogP contribution in [0.15, 0.2) is 54.7 Å². The topological polar surface area (TPSA) is 65.1 Å². The molecule has 1 heterocycles. The van der Waals surface area contributed by atoms with E-state index in [0.717, 1.165) is 22.2 Å². The van der Waals surface area contributed by atoms with E-state index in [9.17, 15) is 4.79 Å². The first-order valence-corrected chi connectivity index (χ1v) is 6.36. The molecule has 0 spiro atoms. The molecule has 0 saturated heterocycles. The van der Waals surface area contributed by atoms with Crippen LogP contribution in [0.25, 0.3) is 10.9 Å². The van der Waals surface area contributed by atoms with E-state index in [-0.39, 0.29) is 0 Å². The average molecular weight is 266 g/mol. The Bertz CT molecular complexity index is 745. The van der Waals surface area contributed by atoms with Gasteiger partial charge in [0.05, 0.1) is 11.3 Å². The van der Waals surface area contributed by atoms with Gasteiger partial charge in [-0.1, -0.05) is 30.3 Å². The number of H-pyrrole nitrogens is 1. The summed E-state index contributed by atoms with van der Waals surface area (Å²) in [5.74, 6) is -0.902. The molecule has 2 aromatic carbocycles. The number of carboxylic acids is 1. The van der Waals surface area contributed by atoms with Gasteiger partial charge in [0, 0.05) is 23.6 Å². The number of nitrogens with one attached hydrogen (secondary N) is 2. The molecule has 0 fully saturated rings. The van der Waals surface area contributed by atoms with E-state index in [2.05, 4.69) is 16.4 Å². The number of carboxylic acid groups (broad SMARTS) is 1. The number of fused-ring (bicyclic) bond motifs is 1. The fraction of sp³-hybridized carbons (Fsp3) is 0.0625. The Balaban J connectivity index is 1.74. The highest BCUT2D eigenvalue weighted by molar-refractivity contribution is 5.92. The molecule has 3 N–H and O–H groups in total. The van der Waals surface area contributed by atoms with Crippen LogP contribution in [0.1, 0.15) is 15.9 Å². The number of para-hydroxylation sites is 1. The molecule has 0 aliphatic heterocycles. The molecule has 0 aliphatic carbocycles. The zero-order chi connectivity index (χ0) is 13.9. The van der Waals surface area contributed by atoms with Gasteiger partial charge in [0.1, 0.15) is 0 Å². The molecular formula is C16H14N2O2. The summed E-state index contributed by atoms with van der Waals surface area (Å²) in [4.78, 5) is 14.0. The van der Waals surface area contributed by atoms with Crippen LogP contribution in [0.4, 0.5) is 5.69 Å². The first-order valence-electron chi connectivity index (χ1n) is 6.36. The second-order valence-corrected chi connectivity index (χ2v) is 4.60. The number of aromatic nitrogens is 1. The van der Waals surface area contributed by atoms with Crippen molar-refractivity contribution in [2.75, 3.05) is 5.32 Å². The molecule has 0 atom stereocenters. The minimum absolute atomic E-state index is 0.306. The minimum atomic E-state index is -0.902. The van der Waals surface area contributed by atoms with Gasteiger partial charge in [-0.2, -0.15) is 0 Å². The first-order chi connectivity index (χ1) is 9.74. The number of aromatic amines is 1. The van der Waals surface area contributed by atoms with Crippen molar-refractivity contribution in [1.29, 1.82) is 0 Å². The lowest BCUT2D eigenvalue weighted by Crippen LogP contribution is -2.00. The van der Waals surface area contributed by atoms with Gasteiger partial charge in [-0.3, -0.25) is 0 Å². The van der Waals surface area contributed by atoms with Crippen molar-refractivity contribution >= 4 is 22.6 Å². The fourth-order valence-electron chi connectivity index (χ4n) is 2.18. The zero-order valence-electron chi connectivity index (χ0n) is 10.8. The third kappa shape index (κ3) is 2.36. The Morgan fingerprint density at radius 1 is 1.10 bits per heavy atom. The highest BCUT2D eigenvalue weighted by Gasteiger charge is 2.04. The Morgan fingerprint density at radius 2 is 1.85 bits per heavy atom. The summed E-state index contributed by atoms with van der Waals surface area (Å²) < 4.78 is 0. The van der Waals surface area contributed by atoms with Crippen LogP contribution in [0.5, 0.6) is 0 Å². The summed E-state index contributed by atoms with van der Waals surface area (Å²) in [6.07, 6.45) is 1.94. The van der Waals surface area contributed by atoms with Gasteiger partial charge in [-0.15, -0.1) is 0 Å². The quantitative estimate of drug-likeness (QED) is 0.677. The molecule has 0 unspecified atom stereocenters. The lowest BCUT2D eigenvalue weighted by Gasteiger charge is -2.05. The summed E-state index contributed by atoms with van der Waals surface area (Å²) in [5, 5.41) is 13.4. The maximum absolute atomic E-state index is 10.8. The van der Waals surface area contributed by atoms with Gasteiger partial charge in [-0.05, 0) is 23.8 Å². The van der Waals surface area contributed by atoms with Crippen molar-refractivity contribution in [3.8, 4) is 0 Å². The van der Waals surface area contributed by atoms with E-state index in [1.807, 2.05) is 36.5 Å². The lowest BCUT2D eigenvalue weighted by molar-refractivity contribution is 0.0697. The Hall–Kier alpha value is -2.75. The molecule has 100 valence electrons. The van der Waals surface area contributed by atoms with Gasteiger partial charge in [0.25, 0.3) is 0 Å². The van der Waals surface area contributed by atoms with Crippen molar-refractivity contribution in [2.24, 2.45) is 0 Å². The third-order valence-electron chi connectivity index (χ3n) is 3.27. The van der Waals surface area contributed by atoms with Crippen molar-refractivity contribution in [3.05, 3.63) is 65.9 Å². The van der Waals surface area contributed by atoms with E-state index in [0.29, 0.717) is 12.1 Å². The second-order valence-electron chi connectivity index (χ2n) is 4.60. The number of benzene rings is 2. The third-order valence-corrected chi connectivity index (χ3v) is 3.27. The number of aromatic carboxylic acids is 1. The van der Waals surface area contributed by atoms with Gasteiger partial charge in [-0.25, -0.2) is 4.79 Å². The number of carbonyl (C=O) groups is 1. The maximum atomic E-state index is 10.8. The maximum Gasteiger partial charge on any atom is 0.335 e. The molecule has 4 nitrogen and oxygen atoms in total. The molecule has 0 aliphatic rings. The summed E-state index contributed by atoms with van der Waals surface area (Å²) in [5.41, 5.74) is 3.49. The fourth-order valence-corrected chi connectivity index (χ4v) is 2.18. The van der Waals surface area contributed by atoms with E-state index in [1.165, 1.54) is 0 Å². The van der Waals surface area contributed by atoms with Gasteiger partial charge in [0.15, 0.2) is 0 Å². The Labute approximate surface area is 116 Å². The van der Waals surface area contributed by atoms with Crippen molar-refractivity contribution < 1.29 is 9.90 Å². The highest BCUT2D eigenvalue weighted by atomic mass is 16.4. The highest BCUT2D eigenvalue weighted by Crippen LogP contribution is 2.23. The van der Waals surface area contributed by atoms with Gasteiger partial charge >= 0.3 is 5.97 Å². The monoisotopic (exact) mass is 266 g/mol. The van der Waals surface area contributed by atoms with Crippen molar-refractivity contribution in [2.45, 2.75) is 6.54 Å². The predicted octanol–water partition coefficient (Wildman–Crippen LogP) is 3.48. The molecule has 1 aromatic heterocycles. The molecule has 3 rings (SSSR count). The van der Waals surface area contributed by atoms with Crippen LogP contribution < -0.4 is 5.32 Å². The predicted molar refractivity (Wildman–Crippen MR) is 79.0 cm³/mol. The average Bonchev–Trinajstić information content (AvgIpc) is 2.89. The molecule has 20 heavy (non-hydrogen) atoms. The molecule has 0 bridgehead atoms. The molecular weight excluding hydrogens is 252 g/mol. The zero-order valence-corrected chi connectivity index (χ0v) is 10.8. The van der Waals surface area contributed by atoms with E-state index in [4.69, 9.17) is 5.11 Å². The van der Waals surface area contributed by atoms with E-state index < -0.39 is 5.97 Å². The van der Waals surface area contributed by atoms with E-state index >= 15 is 0 Å². The lowest BCUT2D eigenvalue weighted by atomic mass is 10.1. The van der Waals surface area contributed by atoms with E-state index in [1.54, 1.807) is 12.1 Å². The molecule has 0 radical (unpaired) electrons. The molecule has 4 heteroatoms. The van der Waals surface area contributed by atoms with Crippen LogP contribution in [0.2, 0.25) is 0 Å². The summed E-state index contributed by atoms with van der Waals surface area (Å²) in [6.45, 7) is 0.655. The second kappa shape index (κ2) is 5.09. The van der Waals surface area contributed by atoms with Crippen molar-refractivity contribution in [3.63, 3.8) is 0 Å². The van der Waals surface area contributed by atoms with Crippen LogP contribution in [0, 0.1) is 0 Å².